The summed E-state index contributed by atoms with van der Waals surface area (Å²) in [4.78, 5) is 23.9. The van der Waals surface area contributed by atoms with Gasteiger partial charge >= 0.3 is 11.9 Å². The third kappa shape index (κ3) is 8.74. The summed E-state index contributed by atoms with van der Waals surface area (Å²) in [6.07, 6.45) is 8.36. The van der Waals surface area contributed by atoms with Crippen LogP contribution in [0.5, 0.6) is 0 Å². The summed E-state index contributed by atoms with van der Waals surface area (Å²) in [6, 6.07) is 0. The molecule has 0 unspecified atom stereocenters. The van der Waals surface area contributed by atoms with Gasteiger partial charge in [-0.05, 0) is 26.7 Å². The lowest BCUT2D eigenvalue weighted by molar-refractivity contribution is -0.169. The zero-order valence-electron chi connectivity index (χ0n) is 14.2. The van der Waals surface area contributed by atoms with Crippen LogP contribution in [0.25, 0.3) is 0 Å². The Balaban J connectivity index is 3.95. The van der Waals surface area contributed by atoms with Gasteiger partial charge in [0.25, 0.3) is 0 Å². The number of esters is 2. The first-order chi connectivity index (χ1) is 9.96. The number of carbonyl (C=O) groups is 2. The molecule has 0 rings (SSSR count). The predicted octanol–water partition coefficient (Wildman–Crippen LogP) is 4.26. The number of ether oxygens (including phenoxy) is 2. The zero-order chi connectivity index (χ0) is 16.1. The molecule has 0 spiro atoms. The van der Waals surface area contributed by atoms with Gasteiger partial charge in [0.1, 0.15) is 0 Å². The predicted molar refractivity (Wildman–Crippen MR) is 84.0 cm³/mol. The van der Waals surface area contributed by atoms with Crippen molar-refractivity contribution in [2.75, 3.05) is 13.2 Å². The molecular weight excluding hydrogens is 268 g/mol. The molecule has 0 saturated carbocycles. The maximum Gasteiger partial charge on any atom is 0.322 e. The average molecular weight is 300 g/mol. The Bertz CT molecular complexity index is 269. The van der Waals surface area contributed by atoms with Gasteiger partial charge in [-0.2, -0.15) is 0 Å². The Hall–Kier alpha value is -1.06. The normalized spacial score (nSPS) is 11.2. The fraction of sp³-hybridized carbons (Fsp3) is 0.882. The molecule has 21 heavy (non-hydrogen) atoms. The van der Waals surface area contributed by atoms with Crippen LogP contribution in [0, 0.1) is 5.41 Å². The third-order valence-corrected chi connectivity index (χ3v) is 3.48. The van der Waals surface area contributed by atoms with E-state index in [4.69, 9.17) is 9.47 Å². The van der Waals surface area contributed by atoms with Crippen LogP contribution in [0.2, 0.25) is 0 Å². The fourth-order valence-corrected chi connectivity index (χ4v) is 1.83. The van der Waals surface area contributed by atoms with Gasteiger partial charge in [0, 0.05) is 0 Å². The van der Waals surface area contributed by atoms with Crippen molar-refractivity contribution in [1.82, 2.24) is 0 Å². The molecule has 0 aliphatic heterocycles. The minimum Gasteiger partial charge on any atom is -0.465 e. The van der Waals surface area contributed by atoms with Gasteiger partial charge in [0.05, 0.1) is 13.2 Å². The second-order valence-electron chi connectivity index (χ2n) is 6.02. The second kappa shape index (κ2) is 11.6. The van der Waals surface area contributed by atoms with Crippen molar-refractivity contribution in [3.05, 3.63) is 0 Å². The molecule has 0 saturated heterocycles. The summed E-state index contributed by atoms with van der Waals surface area (Å²) in [5, 5.41) is 0. The minimum absolute atomic E-state index is 0.381. The molecule has 4 nitrogen and oxygen atoms in total. The summed E-state index contributed by atoms with van der Waals surface area (Å²) >= 11 is 0. The SMILES string of the molecule is CCCCCCOC(=O)C(C)(C)C(=O)OCCCCCC. The Morgan fingerprint density at radius 3 is 1.43 bits per heavy atom. The molecule has 124 valence electrons. The number of unbranched alkanes of at least 4 members (excludes halogenated alkanes) is 6. The van der Waals surface area contributed by atoms with Gasteiger partial charge < -0.3 is 9.47 Å². The minimum atomic E-state index is -1.21. The highest BCUT2D eigenvalue weighted by Crippen LogP contribution is 2.20. The van der Waals surface area contributed by atoms with Gasteiger partial charge in [0.2, 0.25) is 0 Å². The van der Waals surface area contributed by atoms with Crippen LogP contribution in [0.1, 0.15) is 79.1 Å². The lowest BCUT2D eigenvalue weighted by atomic mass is 9.94. The van der Waals surface area contributed by atoms with Crippen molar-refractivity contribution < 1.29 is 19.1 Å². The Morgan fingerprint density at radius 1 is 0.714 bits per heavy atom. The van der Waals surface area contributed by atoms with Gasteiger partial charge in [-0.1, -0.05) is 52.4 Å². The lowest BCUT2D eigenvalue weighted by Crippen LogP contribution is -2.37. The van der Waals surface area contributed by atoms with Crippen LogP contribution in [-0.2, 0) is 19.1 Å². The van der Waals surface area contributed by atoms with Crippen LogP contribution in [0.3, 0.4) is 0 Å². The summed E-state index contributed by atoms with van der Waals surface area (Å²) in [7, 11) is 0. The molecule has 0 aliphatic carbocycles. The van der Waals surface area contributed by atoms with Crippen molar-refractivity contribution in [3.8, 4) is 0 Å². The van der Waals surface area contributed by atoms with Crippen LogP contribution in [-0.4, -0.2) is 25.2 Å². The topological polar surface area (TPSA) is 52.6 Å². The second-order valence-corrected chi connectivity index (χ2v) is 6.02. The monoisotopic (exact) mass is 300 g/mol. The molecule has 0 aromatic carbocycles. The highest BCUT2D eigenvalue weighted by atomic mass is 16.6. The van der Waals surface area contributed by atoms with Gasteiger partial charge in [-0.15, -0.1) is 0 Å². The molecule has 0 aromatic rings. The highest BCUT2D eigenvalue weighted by molar-refractivity contribution is 5.99. The average Bonchev–Trinajstić information content (AvgIpc) is 2.46. The Morgan fingerprint density at radius 2 is 1.10 bits per heavy atom. The van der Waals surface area contributed by atoms with Crippen molar-refractivity contribution in [2.24, 2.45) is 5.41 Å². The van der Waals surface area contributed by atoms with Crippen molar-refractivity contribution in [1.29, 1.82) is 0 Å². The van der Waals surface area contributed by atoms with E-state index in [2.05, 4.69) is 13.8 Å². The van der Waals surface area contributed by atoms with E-state index in [1.807, 2.05) is 0 Å². The van der Waals surface area contributed by atoms with Gasteiger partial charge in [0.15, 0.2) is 5.41 Å². The van der Waals surface area contributed by atoms with E-state index < -0.39 is 17.4 Å². The van der Waals surface area contributed by atoms with Crippen molar-refractivity contribution in [3.63, 3.8) is 0 Å². The number of rotatable bonds is 12. The molecule has 0 N–H and O–H groups in total. The molecule has 0 atom stereocenters. The van der Waals surface area contributed by atoms with Crippen LogP contribution in [0.4, 0.5) is 0 Å². The largest absolute Gasteiger partial charge is 0.465 e. The van der Waals surface area contributed by atoms with E-state index in [0.717, 1.165) is 51.4 Å². The smallest absolute Gasteiger partial charge is 0.322 e. The first-order valence-electron chi connectivity index (χ1n) is 8.31. The molecule has 4 heteroatoms. The molecule has 0 amide bonds. The molecular formula is C17H32O4. The molecule has 0 aliphatic rings. The van der Waals surface area contributed by atoms with Gasteiger partial charge in [-0.25, -0.2) is 0 Å². The number of hydrogen-bond donors (Lipinski definition) is 0. The van der Waals surface area contributed by atoms with E-state index in [1.165, 1.54) is 0 Å². The fourth-order valence-electron chi connectivity index (χ4n) is 1.83. The Kier molecular flexibility index (Phi) is 11.0. The van der Waals surface area contributed by atoms with Crippen molar-refractivity contribution >= 4 is 11.9 Å². The quantitative estimate of drug-likeness (QED) is 0.307. The molecule has 0 aromatic heterocycles. The first-order valence-corrected chi connectivity index (χ1v) is 8.31. The summed E-state index contributed by atoms with van der Waals surface area (Å²) in [6.45, 7) is 8.15. The number of hydrogen-bond acceptors (Lipinski definition) is 4. The van der Waals surface area contributed by atoms with E-state index >= 15 is 0 Å². The Labute approximate surface area is 129 Å². The standard InChI is InChI=1S/C17H32O4/c1-5-7-9-11-13-20-15(18)17(3,4)16(19)21-14-12-10-8-6-2/h5-14H2,1-4H3. The zero-order valence-corrected chi connectivity index (χ0v) is 14.2. The molecule has 0 fully saturated rings. The first kappa shape index (κ1) is 19.9. The van der Waals surface area contributed by atoms with Gasteiger partial charge in [-0.3, -0.25) is 9.59 Å². The molecule has 0 heterocycles. The maximum absolute atomic E-state index is 12.0. The highest BCUT2D eigenvalue weighted by Gasteiger charge is 2.39. The molecule has 0 bridgehead atoms. The maximum atomic E-state index is 12.0. The van der Waals surface area contributed by atoms with Crippen LogP contribution in [0.15, 0.2) is 0 Å². The molecule has 0 radical (unpaired) electrons. The summed E-state index contributed by atoms with van der Waals surface area (Å²) in [5.74, 6) is -0.977. The number of carbonyl (C=O) groups excluding carboxylic acids is 2. The summed E-state index contributed by atoms with van der Waals surface area (Å²) in [5.41, 5.74) is -1.21. The third-order valence-electron chi connectivity index (χ3n) is 3.48. The van der Waals surface area contributed by atoms with E-state index in [9.17, 15) is 9.59 Å². The van der Waals surface area contributed by atoms with Crippen LogP contribution < -0.4 is 0 Å². The van der Waals surface area contributed by atoms with E-state index in [0.29, 0.717) is 13.2 Å². The summed E-state index contributed by atoms with van der Waals surface area (Å²) < 4.78 is 10.4. The van der Waals surface area contributed by atoms with E-state index in [1.54, 1.807) is 13.8 Å². The van der Waals surface area contributed by atoms with Crippen LogP contribution >= 0.6 is 0 Å². The van der Waals surface area contributed by atoms with Crippen molar-refractivity contribution in [2.45, 2.75) is 79.1 Å². The van der Waals surface area contributed by atoms with E-state index in [-0.39, 0.29) is 0 Å². The lowest BCUT2D eigenvalue weighted by Gasteiger charge is -2.20.